The highest BCUT2D eigenvalue weighted by molar-refractivity contribution is 5.97. The van der Waals surface area contributed by atoms with Crippen molar-refractivity contribution in [2.45, 2.75) is 12.8 Å². The molecule has 16 heavy (non-hydrogen) atoms. The molecule has 0 saturated heterocycles. The Kier molecular flexibility index (Phi) is 3.50. The molecule has 0 aliphatic rings. The largest absolute Gasteiger partial charge is 0.497 e. The zero-order chi connectivity index (χ0) is 12.3. The number of amides is 2. The summed E-state index contributed by atoms with van der Waals surface area (Å²) < 4.78 is 4.98. The Labute approximate surface area is 93.4 Å². The number of carbonyl (C=O) groups excluding carboxylic acids is 2. The molecule has 0 bridgehead atoms. The molecule has 0 heterocycles. The third-order valence-corrected chi connectivity index (χ3v) is 2.42. The van der Waals surface area contributed by atoms with Crippen molar-refractivity contribution in [2.24, 2.45) is 11.5 Å². The molecule has 0 radical (unpaired) electrons. The maximum atomic E-state index is 11.2. The van der Waals surface area contributed by atoms with Gasteiger partial charge in [0.1, 0.15) is 5.75 Å². The molecule has 0 aliphatic carbocycles. The second kappa shape index (κ2) is 4.65. The summed E-state index contributed by atoms with van der Waals surface area (Å²) in [7, 11) is 1.48. The molecule has 86 valence electrons. The molecule has 2 amide bonds. The van der Waals surface area contributed by atoms with E-state index in [1.54, 1.807) is 19.1 Å². The van der Waals surface area contributed by atoms with E-state index < -0.39 is 17.7 Å². The van der Waals surface area contributed by atoms with Gasteiger partial charge in [-0.05, 0) is 24.6 Å². The lowest BCUT2D eigenvalue weighted by atomic mass is 9.94. The number of carbonyl (C=O) groups is 2. The molecule has 1 atom stereocenters. The molecular weight excluding hydrogens is 208 g/mol. The maximum Gasteiger partial charge on any atom is 0.249 e. The summed E-state index contributed by atoms with van der Waals surface area (Å²) in [5.41, 5.74) is 11.2. The number of methoxy groups -OCH3 is 1. The fraction of sp³-hybridized carbons (Fsp3) is 0.273. The van der Waals surface area contributed by atoms with Gasteiger partial charge in [-0.1, -0.05) is 6.07 Å². The van der Waals surface area contributed by atoms with Crippen LogP contribution in [0.5, 0.6) is 5.75 Å². The first kappa shape index (κ1) is 12.0. The van der Waals surface area contributed by atoms with Gasteiger partial charge in [-0.25, -0.2) is 0 Å². The van der Waals surface area contributed by atoms with Crippen molar-refractivity contribution in [3.8, 4) is 5.75 Å². The molecule has 0 unspecified atom stereocenters. The standard InChI is InChI=1S/C11H14N2O3/c1-6(10(12)14)8-4-3-7(16-2)5-9(8)11(13)15/h3-6H,1-2H3,(H2,12,14)(H2,13,15)/t6-/m0/s1. The van der Waals surface area contributed by atoms with E-state index in [0.717, 1.165) is 0 Å². The third-order valence-electron chi connectivity index (χ3n) is 2.42. The fourth-order valence-corrected chi connectivity index (χ4v) is 1.41. The molecule has 5 heteroatoms. The van der Waals surface area contributed by atoms with Gasteiger partial charge in [-0.3, -0.25) is 9.59 Å². The van der Waals surface area contributed by atoms with E-state index in [0.29, 0.717) is 11.3 Å². The summed E-state index contributed by atoms with van der Waals surface area (Å²) in [6.07, 6.45) is 0. The summed E-state index contributed by atoms with van der Waals surface area (Å²) in [5, 5.41) is 0. The molecule has 0 fully saturated rings. The van der Waals surface area contributed by atoms with Gasteiger partial charge in [-0.15, -0.1) is 0 Å². The van der Waals surface area contributed by atoms with E-state index in [1.807, 2.05) is 0 Å². The first-order valence-corrected chi connectivity index (χ1v) is 4.74. The minimum atomic E-state index is -0.609. The van der Waals surface area contributed by atoms with Crippen LogP contribution in [0.25, 0.3) is 0 Å². The first-order valence-electron chi connectivity index (χ1n) is 4.74. The minimum absolute atomic E-state index is 0.255. The SMILES string of the molecule is COc1ccc([C@H](C)C(N)=O)c(C(N)=O)c1. The monoisotopic (exact) mass is 222 g/mol. The Morgan fingerprint density at radius 1 is 1.31 bits per heavy atom. The lowest BCUT2D eigenvalue weighted by Gasteiger charge is -2.12. The number of benzene rings is 1. The molecule has 1 aromatic rings. The maximum absolute atomic E-state index is 11.2. The zero-order valence-corrected chi connectivity index (χ0v) is 9.19. The number of rotatable bonds is 4. The fourth-order valence-electron chi connectivity index (χ4n) is 1.41. The number of hydrogen-bond donors (Lipinski definition) is 2. The lowest BCUT2D eigenvalue weighted by Crippen LogP contribution is -2.22. The van der Waals surface area contributed by atoms with Crippen LogP contribution in [-0.2, 0) is 4.79 Å². The molecule has 0 aliphatic heterocycles. The Morgan fingerprint density at radius 2 is 1.94 bits per heavy atom. The molecule has 1 aromatic carbocycles. The van der Waals surface area contributed by atoms with Crippen molar-refractivity contribution in [2.75, 3.05) is 7.11 Å². The van der Waals surface area contributed by atoms with Crippen LogP contribution in [0.15, 0.2) is 18.2 Å². The quantitative estimate of drug-likeness (QED) is 0.771. The summed E-state index contributed by atoms with van der Waals surface area (Å²) >= 11 is 0. The van der Waals surface area contributed by atoms with Crippen LogP contribution in [0.2, 0.25) is 0 Å². The molecule has 1 rings (SSSR count). The molecule has 0 spiro atoms. The summed E-state index contributed by atoms with van der Waals surface area (Å²) in [6, 6.07) is 4.77. The number of ether oxygens (including phenoxy) is 1. The van der Waals surface area contributed by atoms with Crippen molar-refractivity contribution < 1.29 is 14.3 Å². The van der Waals surface area contributed by atoms with E-state index in [9.17, 15) is 9.59 Å². The van der Waals surface area contributed by atoms with E-state index in [1.165, 1.54) is 13.2 Å². The summed E-state index contributed by atoms with van der Waals surface area (Å²) in [4.78, 5) is 22.3. The normalized spacial score (nSPS) is 11.9. The highest BCUT2D eigenvalue weighted by atomic mass is 16.5. The van der Waals surface area contributed by atoms with Crippen molar-refractivity contribution in [3.05, 3.63) is 29.3 Å². The lowest BCUT2D eigenvalue weighted by molar-refractivity contribution is -0.119. The van der Waals surface area contributed by atoms with Gasteiger partial charge in [-0.2, -0.15) is 0 Å². The van der Waals surface area contributed by atoms with E-state index in [-0.39, 0.29) is 5.56 Å². The Morgan fingerprint density at radius 3 is 2.38 bits per heavy atom. The van der Waals surface area contributed by atoms with Crippen LogP contribution in [0, 0.1) is 0 Å². The van der Waals surface area contributed by atoms with Crippen LogP contribution >= 0.6 is 0 Å². The molecular formula is C11H14N2O3. The zero-order valence-electron chi connectivity index (χ0n) is 9.19. The van der Waals surface area contributed by atoms with Crippen LogP contribution < -0.4 is 16.2 Å². The van der Waals surface area contributed by atoms with Gasteiger partial charge >= 0.3 is 0 Å². The summed E-state index contributed by atoms with van der Waals surface area (Å²) in [5.74, 6) is -1.17. The van der Waals surface area contributed by atoms with Gasteiger partial charge < -0.3 is 16.2 Å². The van der Waals surface area contributed by atoms with Crippen molar-refractivity contribution in [1.82, 2.24) is 0 Å². The molecule has 0 saturated carbocycles. The number of primary amides is 2. The van der Waals surface area contributed by atoms with Crippen LogP contribution in [-0.4, -0.2) is 18.9 Å². The smallest absolute Gasteiger partial charge is 0.249 e. The van der Waals surface area contributed by atoms with Crippen molar-refractivity contribution in [1.29, 1.82) is 0 Å². The second-order valence-electron chi connectivity index (χ2n) is 3.44. The Hall–Kier alpha value is -2.04. The highest BCUT2D eigenvalue weighted by Crippen LogP contribution is 2.23. The number of nitrogens with two attached hydrogens (primary N) is 2. The van der Waals surface area contributed by atoms with E-state index in [4.69, 9.17) is 16.2 Å². The van der Waals surface area contributed by atoms with Crippen molar-refractivity contribution >= 4 is 11.8 Å². The molecule has 5 nitrogen and oxygen atoms in total. The predicted molar refractivity (Wildman–Crippen MR) is 59.1 cm³/mol. The van der Waals surface area contributed by atoms with Gasteiger partial charge in [0.05, 0.1) is 13.0 Å². The predicted octanol–water partition coefficient (Wildman–Crippen LogP) is 0.383. The molecule has 4 N–H and O–H groups in total. The second-order valence-corrected chi connectivity index (χ2v) is 3.44. The van der Waals surface area contributed by atoms with Crippen LogP contribution in [0.4, 0.5) is 0 Å². The van der Waals surface area contributed by atoms with Gasteiger partial charge in [0.2, 0.25) is 11.8 Å². The van der Waals surface area contributed by atoms with Gasteiger partial charge in [0, 0.05) is 5.56 Å². The van der Waals surface area contributed by atoms with Gasteiger partial charge in [0.15, 0.2) is 0 Å². The highest BCUT2D eigenvalue weighted by Gasteiger charge is 2.18. The topological polar surface area (TPSA) is 95.4 Å². The van der Waals surface area contributed by atoms with Gasteiger partial charge in [0.25, 0.3) is 0 Å². The average molecular weight is 222 g/mol. The van der Waals surface area contributed by atoms with Crippen LogP contribution in [0.1, 0.15) is 28.8 Å². The first-order chi connectivity index (χ1) is 7.47. The van der Waals surface area contributed by atoms with E-state index >= 15 is 0 Å². The van der Waals surface area contributed by atoms with Crippen molar-refractivity contribution in [3.63, 3.8) is 0 Å². The summed E-state index contributed by atoms with van der Waals surface area (Å²) in [6.45, 7) is 1.62. The third kappa shape index (κ3) is 2.31. The Bertz CT molecular complexity index is 429. The average Bonchev–Trinajstić information content (AvgIpc) is 2.26. The van der Waals surface area contributed by atoms with E-state index in [2.05, 4.69) is 0 Å². The Balaban J connectivity index is 3.28. The van der Waals surface area contributed by atoms with Crippen LogP contribution in [0.3, 0.4) is 0 Å². The number of hydrogen-bond acceptors (Lipinski definition) is 3. The molecule has 0 aromatic heterocycles. The minimum Gasteiger partial charge on any atom is -0.497 e.